The third-order valence-electron chi connectivity index (χ3n) is 2.23. The second-order valence-electron chi connectivity index (χ2n) is 3.66. The topological polar surface area (TPSA) is 17.1 Å². The Kier molecular flexibility index (Phi) is 11.9. The SMILES string of the molecule is CCCCCCCC[S@](=O)CCCCl. The van der Waals surface area contributed by atoms with Crippen molar-refractivity contribution in [1.29, 1.82) is 0 Å². The van der Waals surface area contributed by atoms with Crippen LogP contribution in [0.1, 0.15) is 51.9 Å². The lowest BCUT2D eigenvalue weighted by Crippen LogP contribution is -2.03. The van der Waals surface area contributed by atoms with E-state index in [1.165, 1.54) is 32.1 Å². The lowest BCUT2D eigenvalue weighted by molar-refractivity contribution is 0.622. The van der Waals surface area contributed by atoms with E-state index in [9.17, 15) is 4.21 Å². The quantitative estimate of drug-likeness (QED) is 0.419. The maximum atomic E-state index is 11.3. The summed E-state index contributed by atoms with van der Waals surface area (Å²) < 4.78 is 11.3. The fraction of sp³-hybridized carbons (Fsp3) is 1.00. The lowest BCUT2D eigenvalue weighted by atomic mass is 10.1. The lowest BCUT2D eigenvalue weighted by Gasteiger charge is -2.01. The van der Waals surface area contributed by atoms with Crippen LogP contribution in [0, 0.1) is 0 Å². The van der Waals surface area contributed by atoms with E-state index in [1.54, 1.807) is 0 Å². The van der Waals surface area contributed by atoms with Crippen molar-refractivity contribution in [3.8, 4) is 0 Å². The summed E-state index contributed by atoms with van der Waals surface area (Å²) in [6.07, 6.45) is 8.54. The molecule has 86 valence electrons. The molecular weight excluding hydrogens is 216 g/mol. The van der Waals surface area contributed by atoms with Gasteiger partial charge in [-0.1, -0.05) is 39.0 Å². The van der Waals surface area contributed by atoms with E-state index < -0.39 is 10.8 Å². The summed E-state index contributed by atoms with van der Waals surface area (Å²) in [6.45, 7) is 2.22. The van der Waals surface area contributed by atoms with E-state index in [0.29, 0.717) is 5.88 Å². The first-order valence-corrected chi connectivity index (χ1v) is 7.74. The highest BCUT2D eigenvalue weighted by molar-refractivity contribution is 7.84. The van der Waals surface area contributed by atoms with Gasteiger partial charge in [0.15, 0.2) is 0 Å². The third kappa shape index (κ3) is 10.5. The molecule has 0 aliphatic heterocycles. The van der Waals surface area contributed by atoms with Gasteiger partial charge in [0.25, 0.3) is 0 Å². The maximum Gasteiger partial charge on any atom is 0.0246 e. The second kappa shape index (κ2) is 11.5. The molecule has 0 aromatic carbocycles. The molecule has 0 bridgehead atoms. The molecule has 0 aliphatic rings. The third-order valence-corrected chi connectivity index (χ3v) is 3.99. The molecule has 3 heteroatoms. The van der Waals surface area contributed by atoms with E-state index >= 15 is 0 Å². The molecule has 1 atom stereocenters. The average Bonchev–Trinajstić information content (AvgIpc) is 2.20. The number of unbranched alkanes of at least 4 members (excludes halogenated alkanes) is 5. The highest BCUT2D eigenvalue weighted by atomic mass is 35.5. The van der Waals surface area contributed by atoms with E-state index in [-0.39, 0.29) is 0 Å². The molecule has 0 aliphatic carbocycles. The molecule has 0 fully saturated rings. The second-order valence-corrected chi connectivity index (χ2v) is 5.73. The maximum absolute atomic E-state index is 11.3. The van der Waals surface area contributed by atoms with E-state index in [2.05, 4.69) is 6.92 Å². The first kappa shape index (κ1) is 14.4. The standard InChI is InChI=1S/C11H23ClOS/c1-2-3-4-5-6-7-10-14(13)11-8-9-12/h2-11H2,1H3/t14-/m0/s1. The Balaban J connectivity index is 3.07. The molecule has 0 unspecified atom stereocenters. The summed E-state index contributed by atoms with van der Waals surface area (Å²) >= 11 is 5.53. The van der Waals surface area contributed by atoms with Crippen LogP contribution in [0.5, 0.6) is 0 Å². The molecule has 0 radical (unpaired) electrons. The first-order valence-electron chi connectivity index (χ1n) is 5.72. The van der Waals surface area contributed by atoms with Gasteiger partial charge in [0.2, 0.25) is 0 Å². The van der Waals surface area contributed by atoms with Gasteiger partial charge in [-0.05, 0) is 12.8 Å². The Morgan fingerprint density at radius 2 is 1.50 bits per heavy atom. The van der Waals surface area contributed by atoms with Crippen molar-refractivity contribution in [1.82, 2.24) is 0 Å². The molecule has 0 spiro atoms. The zero-order valence-electron chi connectivity index (χ0n) is 9.27. The summed E-state index contributed by atoms with van der Waals surface area (Å²) in [5.74, 6) is 2.31. The molecule has 0 amide bonds. The minimum atomic E-state index is -0.612. The van der Waals surface area contributed by atoms with Crippen molar-refractivity contribution in [3.63, 3.8) is 0 Å². The van der Waals surface area contributed by atoms with Gasteiger partial charge in [0, 0.05) is 28.2 Å². The largest absolute Gasteiger partial charge is 0.260 e. The van der Waals surface area contributed by atoms with E-state index in [4.69, 9.17) is 11.6 Å². The summed E-state index contributed by atoms with van der Waals surface area (Å²) in [5, 5.41) is 0. The van der Waals surface area contributed by atoms with Gasteiger partial charge in [0.05, 0.1) is 0 Å². The Morgan fingerprint density at radius 1 is 0.929 bits per heavy atom. The number of hydrogen-bond acceptors (Lipinski definition) is 1. The average molecular weight is 239 g/mol. The summed E-state index contributed by atoms with van der Waals surface area (Å²) in [5.41, 5.74) is 0. The molecule has 0 aromatic rings. The summed E-state index contributed by atoms with van der Waals surface area (Å²) in [4.78, 5) is 0. The fourth-order valence-electron chi connectivity index (χ4n) is 1.36. The van der Waals surface area contributed by atoms with Crippen LogP contribution in [0.25, 0.3) is 0 Å². The molecular formula is C11H23ClOS. The Labute approximate surface area is 96.1 Å². The van der Waals surface area contributed by atoms with Crippen LogP contribution in [0.15, 0.2) is 0 Å². The summed E-state index contributed by atoms with van der Waals surface area (Å²) in [6, 6.07) is 0. The van der Waals surface area contributed by atoms with Crippen molar-refractivity contribution < 1.29 is 4.21 Å². The van der Waals surface area contributed by atoms with Gasteiger partial charge >= 0.3 is 0 Å². The Bertz CT molecular complexity index is 139. The van der Waals surface area contributed by atoms with Crippen LogP contribution in [0.4, 0.5) is 0 Å². The monoisotopic (exact) mass is 238 g/mol. The molecule has 0 saturated heterocycles. The van der Waals surface area contributed by atoms with Crippen molar-refractivity contribution in [2.24, 2.45) is 0 Å². The van der Waals surface area contributed by atoms with Gasteiger partial charge in [0.1, 0.15) is 0 Å². The molecule has 0 aromatic heterocycles. The highest BCUT2D eigenvalue weighted by Crippen LogP contribution is 2.05. The predicted octanol–water partition coefficient (Wildman–Crippen LogP) is 3.72. The first-order chi connectivity index (χ1) is 6.81. The Morgan fingerprint density at radius 3 is 2.14 bits per heavy atom. The van der Waals surface area contributed by atoms with Crippen molar-refractivity contribution >= 4 is 22.4 Å². The molecule has 0 saturated carbocycles. The van der Waals surface area contributed by atoms with Crippen LogP contribution in [-0.4, -0.2) is 21.6 Å². The number of hydrogen-bond donors (Lipinski definition) is 0. The smallest absolute Gasteiger partial charge is 0.0246 e. The predicted molar refractivity (Wildman–Crippen MR) is 66.6 cm³/mol. The van der Waals surface area contributed by atoms with Crippen molar-refractivity contribution in [2.75, 3.05) is 17.4 Å². The van der Waals surface area contributed by atoms with Crippen LogP contribution in [0.3, 0.4) is 0 Å². The fourth-order valence-corrected chi connectivity index (χ4v) is 2.85. The van der Waals surface area contributed by atoms with Gasteiger partial charge in [-0.2, -0.15) is 0 Å². The Hall–Kier alpha value is 0.440. The molecule has 14 heavy (non-hydrogen) atoms. The summed E-state index contributed by atoms with van der Waals surface area (Å²) in [7, 11) is -0.612. The van der Waals surface area contributed by atoms with Crippen LogP contribution < -0.4 is 0 Å². The molecule has 1 nitrogen and oxygen atoms in total. The number of rotatable bonds is 10. The molecule has 0 rings (SSSR count). The van der Waals surface area contributed by atoms with Gasteiger partial charge in [-0.15, -0.1) is 11.6 Å². The number of halogens is 1. The minimum Gasteiger partial charge on any atom is -0.260 e. The highest BCUT2D eigenvalue weighted by Gasteiger charge is 1.98. The number of alkyl halides is 1. The molecule has 0 N–H and O–H groups in total. The van der Waals surface area contributed by atoms with Crippen LogP contribution >= 0.6 is 11.6 Å². The van der Waals surface area contributed by atoms with Crippen molar-refractivity contribution in [2.45, 2.75) is 51.9 Å². The molecule has 0 heterocycles. The van der Waals surface area contributed by atoms with Crippen LogP contribution in [-0.2, 0) is 10.8 Å². The van der Waals surface area contributed by atoms with Crippen LogP contribution in [0.2, 0.25) is 0 Å². The van der Waals surface area contributed by atoms with E-state index in [0.717, 1.165) is 24.3 Å². The van der Waals surface area contributed by atoms with Gasteiger partial charge in [-0.25, -0.2) is 0 Å². The van der Waals surface area contributed by atoms with Crippen molar-refractivity contribution in [3.05, 3.63) is 0 Å². The zero-order valence-corrected chi connectivity index (χ0v) is 10.8. The van der Waals surface area contributed by atoms with Gasteiger partial charge in [-0.3, -0.25) is 4.21 Å². The minimum absolute atomic E-state index is 0.612. The van der Waals surface area contributed by atoms with Gasteiger partial charge < -0.3 is 0 Å². The normalized spacial score (nSPS) is 13.0. The zero-order chi connectivity index (χ0) is 10.6. The van der Waals surface area contributed by atoms with E-state index in [1.807, 2.05) is 0 Å².